The Morgan fingerprint density at radius 1 is 1.55 bits per heavy atom. The Bertz CT molecular complexity index is 642. The fourth-order valence-electron chi connectivity index (χ4n) is 2.14. The van der Waals surface area contributed by atoms with E-state index < -0.39 is 22.0 Å². The summed E-state index contributed by atoms with van der Waals surface area (Å²) in [6.45, 7) is 1.88. The maximum absolute atomic E-state index is 12.6. The molecule has 0 aromatic carbocycles. The number of carboxylic acids is 1. The van der Waals surface area contributed by atoms with Gasteiger partial charge in [-0.1, -0.05) is 11.6 Å². The van der Waals surface area contributed by atoms with Crippen molar-refractivity contribution in [3.63, 3.8) is 0 Å². The summed E-state index contributed by atoms with van der Waals surface area (Å²) in [6.07, 6.45) is 0. The molecule has 2 rings (SSSR count). The maximum Gasteiger partial charge on any atom is 0.322 e. The molecule has 1 aliphatic rings. The lowest BCUT2D eigenvalue weighted by molar-refractivity contribution is -0.140. The van der Waals surface area contributed by atoms with Gasteiger partial charge in [0, 0.05) is 26.7 Å². The van der Waals surface area contributed by atoms with Crippen LogP contribution in [0.2, 0.25) is 5.15 Å². The van der Waals surface area contributed by atoms with Crippen molar-refractivity contribution < 1.29 is 18.3 Å². The van der Waals surface area contributed by atoms with Crippen molar-refractivity contribution in [2.45, 2.75) is 17.9 Å². The van der Waals surface area contributed by atoms with E-state index in [0.717, 1.165) is 4.31 Å². The number of sulfonamides is 1. The Balaban J connectivity index is 2.37. The van der Waals surface area contributed by atoms with Crippen LogP contribution in [0, 0.1) is 6.92 Å². The lowest BCUT2D eigenvalue weighted by atomic mass is 10.2. The van der Waals surface area contributed by atoms with Crippen LogP contribution in [-0.4, -0.2) is 59.3 Å². The predicted octanol–water partition coefficient (Wildman–Crippen LogP) is -0.571. The molecule has 1 aliphatic heterocycles. The second-order valence-corrected chi connectivity index (χ2v) is 6.77. The average Bonchev–Trinajstić information content (AvgIpc) is 2.63. The van der Waals surface area contributed by atoms with Crippen LogP contribution in [0.25, 0.3) is 0 Å². The van der Waals surface area contributed by atoms with Crippen molar-refractivity contribution in [2.24, 2.45) is 7.05 Å². The minimum Gasteiger partial charge on any atom is -0.480 e. The SMILES string of the molecule is Cc1nn(C)c(Cl)c1S(=O)(=O)N1CCN[C@@H](C(=O)O)C1. The van der Waals surface area contributed by atoms with E-state index in [4.69, 9.17) is 16.7 Å². The number of aryl methyl sites for hydroxylation is 2. The van der Waals surface area contributed by atoms with Gasteiger partial charge in [-0.15, -0.1) is 0 Å². The van der Waals surface area contributed by atoms with Gasteiger partial charge in [0.1, 0.15) is 16.1 Å². The van der Waals surface area contributed by atoms with Gasteiger partial charge < -0.3 is 10.4 Å². The fourth-order valence-corrected chi connectivity index (χ4v) is 4.30. The summed E-state index contributed by atoms with van der Waals surface area (Å²) in [5.74, 6) is -1.08. The number of nitrogens with zero attached hydrogens (tertiary/aromatic N) is 3. The predicted molar refractivity (Wildman–Crippen MR) is 71.1 cm³/mol. The van der Waals surface area contributed by atoms with Gasteiger partial charge in [0.2, 0.25) is 10.0 Å². The summed E-state index contributed by atoms with van der Waals surface area (Å²) in [6, 6.07) is -0.922. The summed E-state index contributed by atoms with van der Waals surface area (Å²) < 4.78 is 27.6. The van der Waals surface area contributed by atoms with Crippen LogP contribution in [0.3, 0.4) is 0 Å². The highest BCUT2D eigenvalue weighted by atomic mass is 35.5. The topological polar surface area (TPSA) is 105 Å². The van der Waals surface area contributed by atoms with Crippen LogP contribution in [0.1, 0.15) is 5.69 Å². The molecule has 20 heavy (non-hydrogen) atoms. The van der Waals surface area contributed by atoms with Crippen LogP contribution in [0.15, 0.2) is 4.90 Å². The first-order valence-electron chi connectivity index (χ1n) is 5.90. The fraction of sp³-hybridized carbons (Fsp3) is 0.600. The zero-order valence-corrected chi connectivity index (χ0v) is 12.6. The molecule has 1 saturated heterocycles. The van der Waals surface area contributed by atoms with E-state index in [1.165, 1.54) is 4.68 Å². The molecular weight excluding hydrogens is 308 g/mol. The van der Waals surface area contributed by atoms with Crippen LogP contribution >= 0.6 is 11.6 Å². The molecule has 2 N–H and O–H groups in total. The van der Waals surface area contributed by atoms with Gasteiger partial charge in [0.25, 0.3) is 0 Å². The van der Waals surface area contributed by atoms with Crippen LogP contribution in [0.5, 0.6) is 0 Å². The molecule has 0 aliphatic carbocycles. The van der Waals surface area contributed by atoms with E-state index in [-0.39, 0.29) is 29.7 Å². The quantitative estimate of drug-likeness (QED) is 0.772. The Morgan fingerprint density at radius 3 is 2.70 bits per heavy atom. The molecule has 8 nitrogen and oxygen atoms in total. The number of nitrogens with one attached hydrogen (secondary N) is 1. The molecule has 112 valence electrons. The minimum absolute atomic E-state index is 0.0212. The van der Waals surface area contributed by atoms with Crippen molar-refractivity contribution >= 4 is 27.6 Å². The van der Waals surface area contributed by atoms with Crippen molar-refractivity contribution in [2.75, 3.05) is 19.6 Å². The van der Waals surface area contributed by atoms with Crippen LogP contribution < -0.4 is 5.32 Å². The number of rotatable bonds is 3. The Hall–Kier alpha value is -1.16. The van der Waals surface area contributed by atoms with Gasteiger partial charge in [-0.25, -0.2) is 8.42 Å². The third-order valence-electron chi connectivity index (χ3n) is 3.13. The van der Waals surface area contributed by atoms with E-state index in [9.17, 15) is 13.2 Å². The summed E-state index contributed by atoms with van der Waals surface area (Å²) in [7, 11) is -2.31. The van der Waals surface area contributed by atoms with E-state index in [2.05, 4.69) is 10.4 Å². The lowest BCUT2D eigenvalue weighted by Gasteiger charge is -2.30. The molecule has 0 amide bonds. The minimum atomic E-state index is -3.85. The van der Waals surface area contributed by atoms with Gasteiger partial charge in [-0.05, 0) is 6.92 Å². The Morgan fingerprint density at radius 2 is 2.20 bits per heavy atom. The van der Waals surface area contributed by atoms with E-state index in [1.54, 1.807) is 14.0 Å². The highest BCUT2D eigenvalue weighted by Gasteiger charge is 2.36. The summed E-state index contributed by atoms with van der Waals surface area (Å²) in [5.41, 5.74) is 0.294. The van der Waals surface area contributed by atoms with E-state index >= 15 is 0 Å². The number of piperazine rings is 1. The van der Waals surface area contributed by atoms with Crippen molar-refractivity contribution in [1.82, 2.24) is 19.4 Å². The van der Waals surface area contributed by atoms with Gasteiger partial charge in [0.15, 0.2) is 0 Å². The highest BCUT2D eigenvalue weighted by Crippen LogP contribution is 2.27. The molecule has 0 bridgehead atoms. The molecule has 0 saturated carbocycles. The number of carbonyl (C=O) groups is 1. The van der Waals surface area contributed by atoms with Crippen LogP contribution in [0.4, 0.5) is 0 Å². The number of aliphatic carboxylic acids is 1. The summed E-state index contributed by atoms with van der Waals surface area (Å²) >= 11 is 5.98. The standard InChI is InChI=1S/C10H15ClN4O4S/c1-6-8(9(11)14(2)13-6)20(18,19)15-4-3-12-7(5-15)10(16)17/h7,12H,3-5H2,1-2H3,(H,16,17)/t7-/m1/s1. The second kappa shape index (κ2) is 5.32. The molecule has 10 heteroatoms. The molecule has 0 radical (unpaired) electrons. The molecule has 2 heterocycles. The number of aromatic nitrogens is 2. The van der Waals surface area contributed by atoms with Crippen molar-refractivity contribution in [3.05, 3.63) is 10.8 Å². The van der Waals surface area contributed by atoms with Gasteiger partial charge in [0.05, 0.1) is 5.69 Å². The number of hydrogen-bond donors (Lipinski definition) is 2. The molecule has 1 atom stereocenters. The van der Waals surface area contributed by atoms with Gasteiger partial charge >= 0.3 is 5.97 Å². The first kappa shape index (κ1) is 15.2. The highest BCUT2D eigenvalue weighted by molar-refractivity contribution is 7.89. The summed E-state index contributed by atoms with van der Waals surface area (Å²) in [4.78, 5) is 10.9. The third-order valence-corrected chi connectivity index (χ3v) is 5.70. The molecule has 1 aromatic rings. The second-order valence-electron chi connectivity index (χ2n) is 4.54. The Kier molecular flexibility index (Phi) is 4.05. The largest absolute Gasteiger partial charge is 0.480 e. The Labute approximate surface area is 121 Å². The van der Waals surface area contributed by atoms with E-state index in [0.29, 0.717) is 5.69 Å². The molecule has 1 aromatic heterocycles. The van der Waals surface area contributed by atoms with Gasteiger partial charge in [-0.2, -0.15) is 9.40 Å². The number of hydrogen-bond acceptors (Lipinski definition) is 5. The van der Waals surface area contributed by atoms with Crippen molar-refractivity contribution in [1.29, 1.82) is 0 Å². The molecule has 1 fully saturated rings. The molecule has 0 spiro atoms. The normalized spacial score (nSPS) is 21.1. The summed E-state index contributed by atoms with van der Waals surface area (Å²) in [5, 5.41) is 15.7. The zero-order chi connectivity index (χ0) is 15.1. The monoisotopic (exact) mass is 322 g/mol. The first-order valence-corrected chi connectivity index (χ1v) is 7.72. The number of halogens is 1. The van der Waals surface area contributed by atoms with Crippen LogP contribution in [-0.2, 0) is 21.9 Å². The first-order chi connectivity index (χ1) is 9.25. The van der Waals surface area contributed by atoms with E-state index in [1.807, 2.05) is 0 Å². The number of carboxylic acid groups (broad SMARTS) is 1. The van der Waals surface area contributed by atoms with Crippen molar-refractivity contribution in [3.8, 4) is 0 Å². The lowest BCUT2D eigenvalue weighted by Crippen LogP contribution is -2.55. The van der Waals surface area contributed by atoms with Gasteiger partial charge in [-0.3, -0.25) is 9.48 Å². The molecule has 0 unspecified atom stereocenters. The third kappa shape index (κ3) is 2.53. The smallest absolute Gasteiger partial charge is 0.322 e. The maximum atomic E-state index is 12.6. The zero-order valence-electron chi connectivity index (χ0n) is 11.0. The average molecular weight is 323 g/mol. The molecular formula is C10H15ClN4O4S.